The zero-order valence-corrected chi connectivity index (χ0v) is 16.2. The van der Waals surface area contributed by atoms with Crippen LogP contribution in [0.4, 0.5) is 5.69 Å². The highest BCUT2D eigenvalue weighted by atomic mass is 32.1. The molecule has 0 saturated carbocycles. The SMILES string of the molecule is COC(=O)c1c[nH]c(=O)c(NC(=O)Cc2csc3nc(-c4ccccc4)cn23)c1. The van der Waals surface area contributed by atoms with Crippen molar-refractivity contribution in [2.24, 2.45) is 0 Å². The quantitative estimate of drug-likeness (QED) is 0.494. The molecule has 0 aliphatic carbocycles. The van der Waals surface area contributed by atoms with Gasteiger partial charge in [0.2, 0.25) is 5.91 Å². The summed E-state index contributed by atoms with van der Waals surface area (Å²) in [6, 6.07) is 11.1. The van der Waals surface area contributed by atoms with Gasteiger partial charge in [-0.15, -0.1) is 11.3 Å². The van der Waals surface area contributed by atoms with E-state index in [0.29, 0.717) is 0 Å². The van der Waals surface area contributed by atoms with Gasteiger partial charge in [-0.25, -0.2) is 9.78 Å². The Hall–Kier alpha value is -3.72. The summed E-state index contributed by atoms with van der Waals surface area (Å²) in [5, 5.41) is 4.40. The number of methoxy groups -OCH3 is 1. The first-order valence-electron chi connectivity index (χ1n) is 8.67. The van der Waals surface area contributed by atoms with Crippen molar-refractivity contribution in [2.75, 3.05) is 12.4 Å². The number of carbonyl (C=O) groups excluding carboxylic acids is 2. The van der Waals surface area contributed by atoms with E-state index < -0.39 is 11.5 Å². The molecule has 0 spiro atoms. The lowest BCUT2D eigenvalue weighted by Gasteiger charge is -2.06. The van der Waals surface area contributed by atoms with Gasteiger partial charge in [0.05, 0.1) is 24.8 Å². The van der Waals surface area contributed by atoms with E-state index in [1.54, 1.807) is 0 Å². The number of benzene rings is 1. The van der Waals surface area contributed by atoms with Crippen molar-refractivity contribution in [3.05, 3.63) is 75.8 Å². The van der Waals surface area contributed by atoms with E-state index >= 15 is 0 Å². The van der Waals surface area contributed by atoms with Gasteiger partial charge < -0.3 is 15.0 Å². The molecule has 0 bridgehead atoms. The zero-order chi connectivity index (χ0) is 20.4. The highest BCUT2D eigenvalue weighted by molar-refractivity contribution is 7.15. The number of anilines is 1. The maximum Gasteiger partial charge on any atom is 0.339 e. The Labute approximate surface area is 168 Å². The molecule has 29 heavy (non-hydrogen) atoms. The predicted octanol–water partition coefficient (Wildman–Crippen LogP) is 2.72. The fourth-order valence-electron chi connectivity index (χ4n) is 2.88. The standard InChI is InChI=1S/C20H16N4O4S/c1-28-19(27)13-7-15(18(26)21-9-13)22-17(25)8-14-11-29-20-23-16(10-24(14)20)12-5-3-2-4-6-12/h2-7,9-11H,8H2,1H3,(H,21,26)(H,22,25). The van der Waals surface area contributed by atoms with Crippen LogP contribution in [0.15, 0.2) is 59.0 Å². The predicted molar refractivity (Wildman–Crippen MR) is 109 cm³/mol. The Bertz CT molecular complexity index is 1260. The van der Waals surface area contributed by atoms with Gasteiger partial charge in [-0.1, -0.05) is 30.3 Å². The van der Waals surface area contributed by atoms with Gasteiger partial charge in [0.15, 0.2) is 4.96 Å². The minimum Gasteiger partial charge on any atom is -0.465 e. The number of ether oxygens (including phenoxy) is 1. The molecule has 0 radical (unpaired) electrons. The first kappa shape index (κ1) is 18.6. The van der Waals surface area contributed by atoms with Crippen LogP contribution < -0.4 is 10.9 Å². The number of pyridine rings is 1. The summed E-state index contributed by atoms with van der Waals surface area (Å²) in [6.45, 7) is 0. The summed E-state index contributed by atoms with van der Waals surface area (Å²) in [5.41, 5.74) is 2.18. The number of carbonyl (C=O) groups is 2. The number of nitrogens with one attached hydrogen (secondary N) is 2. The fourth-order valence-corrected chi connectivity index (χ4v) is 3.75. The second-order valence-electron chi connectivity index (χ2n) is 6.22. The van der Waals surface area contributed by atoms with Crippen LogP contribution in [0, 0.1) is 0 Å². The molecule has 3 heterocycles. The average Bonchev–Trinajstić information content (AvgIpc) is 3.32. The third-order valence-electron chi connectivity index (χ3n) is 4.29. The van der Waals surface area contributed by atoms with Crippen LogP contribution in [-0.4, -0.2) is 33.4 Å². The van der Waals surface area contributed by atoms with E-state index in [2.05, 4.69) is 20.0 Å². The van der Waals surface area contributed by atoms with Crippen molar-refractivity contribution in [3.63, 3.8) is 0 Å². The van der Waals surface area contributed by atoms with Crippen LogP contribution in [0.2, 0.25) is 0 Å². The van der Waals surface area contributed by atoms with Crippen LogP contribution in [0.3, 0.4) is 0 Å². The molecule has 4 rings (SSSR count). The lowest BCUT2D eigenvalue weighted by molar-refractivity contribution is -0.115. The minimum atomic E-state index is -0.608. The van der Waals surface area contributed by atoms with Gasteiger partial charge in [0.25, 0.3) is 5.56 Å². The number of imidazole rings is 1. The van der Waals surface area contributed by atoms with Crippen LogP contribution in [-0.2, 0) is 16.0 Å². The van der Waals surface area contributed by atoms with E-state index in [1.165, 1.54) is 30.7 Å². The summed E-state index contributed by atoms with van der Waals surface area (Å²) in [6.07, 6.45) is 3.17. The van der Waals surface area contributed by atoms with E-state index in [0.717, 1.165) is 21.9 Å². The number of hydrogen-bond donors (Lipinski definition) is 2. The molecule has 8 nitrogen and oxygen atoms in total. The average molecular weight is 408 g/mol. The molecule has 9 heteroatoms. The highest BCUT2D eigenvalue weighted by Gasteiger charge is 2.15. The van der Waals surface area contributed by atoms with Gasteiger partial charge in [-0.05, 0) is 6.07 Å². The summed E-state index contributed by atoms with van der Waals surface area (Å²) < 4.78 is 6.49. The van der Waals surface area contributed by atoms with E-state index in [4.69, 9.17) is 0 Å². The number of fused-ring (bicyclic) bond motifs is 1. The summed E-state index contributed by atoms with van der Waals surface area (Å²) in [7, 11) is 1.24. The Morgan fingerprint density at radius 1 is 1.28 bits per heavy atom. The molecule has 3 aromatic heterocycles. The normalized spacial score (nSPS) is 10.8. The summed E-state index contributed by atoms with van der Waals surface area (Å²) >= 11 is 1.43. The lowest BCUT2D eigenvalue weighted by atomic mass is 10.2. The van der Waals surface area contributed by atoms with Gasteiger partial charge in [-0.3, -0.25) is 14.0 Å². The van der Waals surface area contributed by atoms with Crippen molar-refractivity contribution in [1.82, 2.24) is 14.4 Å². The second-order valence-corrected chi connectivity index (χ2v) is 7.06. The second kappa shape index (κ2) is 7.72. The molecule has 1 aromatic carbocycles. The number of rotatable bonds is 5. The Kier molecular flexibility index (Phi) is 4.96. The molecule has 0 fully saturated rings. The van der Waals surface area contributed by atoms with Crippen LogP contribution in [0.5, 0.6) is 0 Å². The number of aromatic nitrogens is 3. The largest absolute Gasteiger partial charge is 0.465 e. The van der Waals surface area contributed by atoms with Crippen molar-refractivity contribution in [3.8, 4) is 11.3 Å². The lowest BCUT2D eigenvalue weighted by Crippen LogP contribution is -2.22. The number of hydrogen-bond acceptors (Lipinski definition) is 6. The molecule has 0 unspecified atom stereocenters. The first-order chi connectivity index (χ1) is 14.0. The van der Waals surface area contributed by atoms with Crippen molar-refractivity contribution in [2.45, 2.75) is 6.42 Å². The number of thiazole rings is 1. The molecule has 0 aliphatic heterocycles. The third kappa shape index (κ3) is 3.81. The fraction of sp³-hybridized carbons (Fsp3) is 0.100. The van der Waals surface area contributed by atoms with Gasteiger partial charge >= 0.3 is 5.97 Å². The molecule has 4 aromatic rings. The van der Waals surface area contributed by atoms with Crippen LogP contribution in [0.25, 0.3) is 16.2 Å². The number of esters is 1. The Morgan fingerprint density at radius 2 is 2.07 bits per heavy atom. The maximum atomic E-state index is 12.5. The van der Waals surface area contributed by atoms with Crippen LogP contribution >= 0.6 is 11.3 Å². The minimum absolute atomic E-state index is 0.0139. The molecule has 1 amide bonds. The molecular formula is C20H16N4O4S. The van der Waals surface area contributed by atoms with Crippen molar-refractivity contribution < 1.29 is 14.3 Å². The maximum absolute atomic E-state index is 12.5. The number of H-pyrrole nitrogens is 1. The van der Waals surface area contributed by atoms with Crippen molar-refractivity contribution >= 4 is 33.9 Å². The third-order valence-corrected chi connectivity index (χ3v) is 5.18. The number of nitrogens with zero attached hydrogens (tertiary/aromatic N) is 2. The molecular weight excluding hydrogens is 392 g/mol. The molecule has 0 atom stereocenters. The Morgan fingerprint density at radius 3 is 2.83 bits per heavy atom. The smallest absolute Gasteiger partial charge is 0.339 e. The van der Waals surface area contributed by atoms with Gasteiger partial charge in [0, 0.05) is 29.0 Å². The molecule has 0 aliphatic rings. The molecule has 2 N–H and O–H groups in total. The first-order valence-corrected chi connectivity index (χ1v) is 9.55. The van der Waals surface area contributed by atoms with E-state index in [1.807, 2.05) is 46.3 Å². The monoisotopic (exact) mass is 408 g/mol. The number of aromatic amines is 1. The molecule has 0 saturated heterocycles. The van der Waals surface area contributed by atoms with Crippen LogP contribution in [0.1, 0.15) is 16.1 Å². The van der Waals surface area contributed by atoms with Gasteiger partial charge in [0.1, 0.15) is 5.69 Å². The zero-order valence-electron chi connectivity index (χ0n) is 15.3. The Balaban J connectivity index is 1.55. The van der Waals surface area contributed by atoms with E-state index in [9.17, 15) is 14.4 Å². The number of amides is 1. The van der Waals surface area contributed by atoms with Crippen molar-refractivity contribution in [1.29, 1.82) is 0 Å². The summed E-state index contributed by atoms with van der Waals surface area (Å²) in [5.74, 6) is -0.990. The van der Waals surface area contributed by atoms with Gasteiger partial charge in [-0.2, -0.15) is 0 Å². The van der Waals surface area contributed by atoms with E-state index in [-0.39, 0.29) is 23.6 Å². The topological polar surface area (TPSA) is 106 Å². The molecule has 146 valence electrons. The highest BCUT2D eigenvalue weighted by Crippen LogP contribution is 2.23. The summed E-state index contributed by atoms with van der Waals surface area (Å²) in [4.78, 5) is 43.9.